The number of unbranched alkanes of at least 4 members (excludes halogenated alkanes) is 1. The number of hydrogen-bond acceptors (Lipinski definition) is 2. The second-order valence-electron chi connectivity index (χ2n) is 9.79. The Balaban J connectivity index is 2.05. The van der Waals surface area contributed by atoms with Crippen LogP contribution in [0.2, 0.25) is 18.1 Å². The minimum atomic E-state index is -1.52. The zero-order chi connectivity index (χ0) is 19.4. The van der Waals surface area contributed by atoms with E-state index in [9.17, 15) is 5.11 Å². The van der Waals surface area contributed by atoms with E-state index in [0.717, 1.165) is 25.2 Å². The fraction of sp³-hybridized carbons (Fsp3) is 0.913. The summed E-state index contributed by atoms with van der Waals surface area (Å²) in [5, 5.41) is 9.93. The van der Waals surface area contributed by atoms with E-state index in [4.69, 9.17) is 4.43 Å². The Kier molecular flexibility index (Phi) is 7.60. The van der Waals surface area contributed by atoms with Gasteiger partial charge < -0.3 is 9.53 Å². The molecule has 2 nitrogen and oxygen atoms in total. The van der Waals surface area contributed by atoms with Gasteiger partial charge in [0, 0.05) is 6.10 Å². The van der Waals surface area contributed by atoms with Gasteiger partial charge >= 0.3 is 0 Å². The van der Waals surface area contributed by atoms with Gasteiger partial charge in [0.2, 0.25) is 0 Å². The van der Waals surface area contributed by atoms with E-state index >= 15 is 0 Å². The maximum absolute atomic E-state index is 9.93. The van der Waals surface area contributed by atoms with Crippen molar-refractivity contribution in [3.05, 3.63) is 11.6 Å². The first-order chi connectivity index (χ1) is 12.2. The van der Waals surface area contributed by atoms with Crippen LogP contribution < -0.4 is 0 Å². The smallest absolute Gasteiger partial charge is 0.192 e. The molecule has 1 N–H and O–H groups in total. The Hall–Kier alpha value is -0.123. The van der Waals surface area contributed by atoms with Gasteiger partial charge in [-0.1, -0.05) is 45.8 Å². The topological polar surface area (TPSA) is 29.5 Å². The van der Waals surface area contributed by atoms with Crippen molar-refractivity contribution >= 4 is 8.32 Å². The van der Waals surface area contributed by atoms with Crippen molar-refractivity contribution in [3.63, 3.8) is 0 Å². The molecular weight excluding hydrogens is 336 g/mol. The van der Waals surface area contributed by atoms with Gasteiger partial charge in [0.05, 0.1) is 5.60 Å². The quantitative estimate of drug-likeness (QED) is 0.269. The second kappa shape index (κ2) is 8.92. The largest absolute Gasteiger partial charge is 0.414 e. The van der Waals surface area contributed by atoms with Crippen molar-refractivity contribution in [2.24, 2.45) is 11.3 Å². The summed E-state index contributed by atoms with van der Waals surface area (Å²) in [6.45, 7) is 13.4. The van der Waals surface area contributed by atoms with Crippen molar-refractivity contribution in [2.75, 3.05) is 0 Å². The monoisotopic (exact) mass is 380 g/mol. The fourth-order valence-electron chi connectivity index (χ4n) is 5.58. The minimum absolute atomic E-state index is 0.368. The van der Waals surface area contributed by atoms with Crippen LogP contribution in [0.1, 0.15) is 92.9 Å². The third kappa shape index (κ3) is 5.02. The van der Waals surface area contributed by atoms with E-state index in [1.165, 1.54) is 50.2 Å². The van der Waals surface area contributed by atoms with Crippen LogP contribution in [-0.4, -0.2) is 25.1 Å². The maximum atomic E-state index is 9.93. The Bertz CT molecular complexity index is 467. The predicted molar refractivity (Wildman–Crippen MR) is 115 cm³/mol. The maximum Gasteiger partial charge on any atom is 0.192 e. The molecule has 26 heavy (non-hydrogen) atoms. The van der Waals surface area contributed by atoms with Gasteiger partial charge in [0.1, 0.15) is 0 Å². The van der Waals surface area contributed by atoms with Crippen LogP contribution in [0.25, 0.3) is 0 Å². The van der Waals surface area contributed by atoms with E-state index in [1.807, 2.05) is 13.8 Å². The zero-order valence-electron chi connectivity index (χ0n) is 18.4. The number of hydrogen-bond donors (Lipinski definition) is 1. The van der Waals surface area contributed by atoms with E-state index in [0.29, 0.717) is 11.5 Å². The van der Waals surface area contributed by atoms with Gasteiger partial charge in [-0.3, -0.25) is 0 Å². The molecule has 3 atom stereocenters. The normalized spacial score (nSPS) is 31.4. The minimum Gasteiger partial charge on any atom is -0.414 e. The van der Waals surface area contributed by atoms with Gasteiger partial charge in [0.15, 0.2) is 8.32 Å². The van der Waals surface area contributed by atoms with E-state index in [-0.39, 0.29) is 0 Å². The molecule has 0 radical (unpaired) electrons. The summed E-state index contributed by atoms with van der Waals surface area (Å²) in [7, 11) is -1.52. The van der Waals surface area contributed by atoms with Crippen LogP contribution >= 0.6 is 0 Å². The third-order valence-corrected chi connectivity index (χ3v) is 12.3. The molecule has 2 aliphatic rings. The standard InChI is InChI=1S/C23H44O2Si/c1-7-26(8-2,9-3)25-21-14-12-18-23(6)19(15-16-20(21)23)13-10-11-17-22(4,5)24/h13,20-21,24H,7-12,14-18H2,1-6H3/b19-13-/t20-,21-,23+/m0/s1. The Morgan fingerprint density at radius 2 is 1.85 bits per heavy atom. The van der Waals surface area contributed by atoms with Crippen LogP contribution in [0.4, 0.5) is 0 Å². The van der Waals surface area contributed by atoms with Crippen LogP contribution in [0, 0.1) is 11.3 Å². The molecular formula is C23H44O2Si. The van der Waals surface area contributed by atoms with Crippen molar-refractivity contribution in [2.45, 2.75) is 123 Å². The Labute approximate surface area is 163 Å². The van der Waals surface area contributed by atoms with Gasteiger partial charge in [0.25, 0.3) is 0 Å². The van der Waals surface area contributed by atoms with Crippen LogP contribution in [0.15, 0.2) is 11.6 Å². The summed E-state index contributed by atoms with van der Waals surface area (Å²) in [5.74, 6) is 0.730. The Morgan fingerprint density at radius 1 is 1.19 bits per heavy atom. The van der Waals surface area contributed by atoms with Crippen LogP contribution in [0.3, 0.4) is 0 Å². The van der Waals surface area contributed by atoms with Crippen molar-refractivity contribution < 1.29 is 9.53 Å². The molecule has 3 heteroatoms. The average Bonchev–Trinajstić information content (AvgIpc) is 2.93. The van der Waals surface area contributed by atoms with E-state index < -0.39 is 13.9 Å². The number of fused-ring (bicyclic) bond motifs is 1. The molecule has 0 amide bonds. The number of rotatable bonds is 9. The summed E-state index contributed by atoms with van der Waals surface area (Å²) < 4.78 is 7.00. The summed E-state index contributed by atoms with van der Waals surface area (Å²) >= 11 is 0. The zero-order valence-corrected chi connectivity index (χ0v) is 19.4. The van der Waals surface area contributed by atoms with E-state index in [2.05, 4.69) is 33.8 Å². The molecule has 0 saturated heterocycles. The SMILES string of the molecule is CC[Si](CC)(CC)O[C@H]1CCC[C@]2(C)/C(=C\CCCC(C)(C)O)CC[C@@H]12. The lowest BCUT2D eigenvalue weighted by Crippen LogP contribution is -2.47. The summed E-state index contributed by atoms with van der Waals surface area (Å²) in [6.07, 6.45) is 12.6. The van der Waals surface area contributed by atoms with Gasteiger partial charge in [-0.15, -0.1) is 0 Å². The number of aliphatic hydroxyl groups is 1. The molecule has 0 aliphatic heterocycles. The lowest BCUT2D eigenvalue weighted by molar-refractivity contribution is 0.0248. The van der Waals surface area contributed by atoms with Crippen LogP contribution in [0.5, 0.6) is 0 Å². The van der Waals surface area contributed by atoms with Crippen molar-refractivity contribution in [3.8, 4) is 0 Å². The highest BCUT2D eigenvalue weighted by Crippen LogP contribution is 2.56. The summed E-state index contributed by atoms with van der Waals surface area (Å²) in [6, 6.07) is 3.79. The number of allylic oxidation sites excluding steroid dienone is 2. The first-order valence-electron chi connectivity index (χ1n) is 11.3. The molecule has 0 bridgehead atoms. The molecule has 0 heterocycles. The second-order valence-corrected chi connectivity index (χ2v) is 14.5. The van der Waals surface area contributed by atoms with E-state index in [1.54, 1.807) is 5.57 Å². The molecule has 2 aliphatic carbocycles. The highest BCUT2D eigenvalue weighted by Gasteiger charge is 2.50. The Morgan fingerprint density at radius 3 is 2.42 bits per heavy atom. The molecule has 0 aromatic rings. The highest BCUT2D eigenvalue weighted by molar-refractivity contribution is 6.73. The van der Waals surface area contributed by atoms with Crippen LogP contribution in [-0.2, 0) is 4.43 Å². The highest BCUT2D eigenvalue weighted by atomic mass is 28.4. The molecule has 152 valence electrons. The summed E-state index contributed by atoms with van der Waals surface area (Å²) in [5.41, 5.74) is 1.54. The predicted octanol–water partition coefficient (Wildman–Crippen LogP) is 6.84. The average molecular weight is 381 g/mol. The molecule has 2 rings (SSSR count). The molecule has 0 aromatic carbocycles. The van der Waals surface area contributed by atoms with Crippen molar-refractivity contribution in [1.29, 1.82) is 0 Å². The molecule has 2 fully saturated rings. The lowest BCUT2D eigenvalue weighted by atomic mass is 9.66. The third-order valence-electron chi connectivity index (χ3n) is 7.63. The van der Waals surface area contributed by atoms with Gasteiger partial charge in [-0.25, -0.2) is 0 Å². The summed E-state index contributed by atoms with van der Waals surface area (Å²) in [4.78, 5) is 0. The van der Waals surface area contributed by atoms with Gasteiger partial charge in [-0.2, -0.15) is 0 Å². The lowest BCUT2D eigenvalue weighted by Gasteiger charge is -2.46. The molecule has 0 unspecified atom stereocenters. The van der Waals surface area contributed by atoms with Gasteiger partial charge in [-0.05, 0) is 88.3 Å². The van der Waals surface area contributed by atoms with Crippen molar-refractivity contribution in [1.82, 2.24) is 0 Å². The first kappa shape index (κ1) is 22.2. The molecule has 0 aromatic heterocycles. The first-order valence-corrected chi connectivity index (χ1v) is 13.8. The molecule has 0 spiro atoms. The fourth-order valence-corrected chi connectivity index (χ4v) is 8.50. The molecule has 2 saturated carbocycles.